The number of carboxylic acid groups (broad SMARTS) is 1. The van der Waals surface area contributed by atoms with E-state index in [9.17, 15) is 13.6 Å². The van der Waals surface area contributed by atoms with Crippen molar-refractivity contribution >= 4 is 21.9 Å². The van der Waals surface area contributed by atoms with Crippen LogP contribution in [0.5, 0.6) is 0 Å². The Bertz CT molecular complexity index is 396. The topological polar surface area (TPSA) is 50.2 Å². The van der Waals surface area contributed by atoms with E-state index >= 15 is 0 Å². The SMILES string of the molecule is Cc1c(C(F)F)cc(CBr)nc1C(=O)O. The monoisotopic (exact) mass is 279 g/mol. The molecule has 0 aliphatic rings. The quantitative estimate of drug-likeness (QED) is 0.866. The van der Waals surface area contributed by atoms with Crippen molar-refractivity contribution in [3.05, 3.63) is 28.6 Å². The Morgan fingerprint density at radius 2 is 2.27 bits per heavy atom. The standard InChI is InChI=1S/C9H8BrF2NO2/c1-4-6(8(11)12)2-5(3-10)13-7(4)9(14)15/h2,8H,3H2,1H3,(H,14,15). The lowest BCUT2D eigenvalue weighted by Gasteiger charge is -2.09. The zero-order valence-corrected chi connectivity index (χ0v) is 9.38. The van der Waals surface area contributed by atoms with Gasteiger partial charge in [0, 0.05) is 10.9 Å². The van der Waals surface area contributed by atoms with Gasteiger partial charge in [-0.2, -0.15) is 0 Å². The summed E-state index contributed by atoms with van der Waals surface area (Å²) in [5.74, 6) is -1.29. The van der Waals surface area contributed by atoms with Crippen LogP contribution in [-0.4, -0.2) is 16.1 Å². The number of nitrogens with zero attached hydrogens (tertiary/aromatic N) is 1. The molecule has 0 saturated heterocycles. The van der Waals surface area contributed by atoms with Crippen molar-refractivity contribution in [2.45, 2.75) is 18.7 Å². The molecule has 0 saturated carbocycles. The second kappa shape index (κ2) is 4.65. The Morgan fingerprint density at radius 1 is 1.67 bits per heavy atom. The summed E-state index contributed by atoms with van der Waals surface area (Å²) in [6.07, 6.45) is -2.69. The van der Waals surface area contributed by atoms with Gasteiger partial charge in [-0.25, -0.2) is 18.6 Å². The summed E-state index contributed by atoms with van der Waals surface area (Å²) in [5.41, 5.74) is -0.297. The largest absolute Gasteiger partial charge is 0.477 e. The van der Waals surface area contributed by atoms with Gasteiger partial charge in [0.05, 0.1) is 5.69 Å². The van der Waals surface area contributed by atoms with Gasteiger partial charge in [0.2, 0.25) is 0 Å². The van der Waals surface area contributed by atoms with Gasteiger partial charge in [0.1, 0.15) is 0 Å². The Kier molecular flexibility index (Phi) is 3.73. The predicted molar refractivity (Wildman–Crippen MR) is 53.5 cm³/mol. The maximum Gasteiger partial charge on any atom is 0.354 e. The van der Waals surface area contributed by atoms with E-state index in [-0.39, 0.29) is 27.8 Å². The summed E-state index contributed by atoms with van der Waals surface area (Å²) < 4.78 is 25.1. The van der Waals surface area contributed by atoms with Crippen molar-refractivity contribution in [1.29, 1.82) is 0 Å². The van der Waals surface area contributed by atoms with Crippen LogP contribution < -0.4 is 0 Å². The van der Waals surface area contributed by atoms with E-state index in [2.05, 4.69) is 20.9 Å². The molecule has 0 amide bonds. The van der Waals surface area contributed by atoms with E-state index in [0.29, 0.717) is 0 Å². The molecule has 1 heterocycles. The maximum absolute atomic E-state index is 12.6. The number of rotatable bonds is 3. The van der Waals surface area contributed by atoms with Gasteiger partial charge < -0.3 is 5.11 Å². The van der Waals surface area contributed by atoms with Crippen LogP contribution in [-0.2, 0) is 5.33 Å². The third kappa shape index (κ3) is 2.50. The number of carbonyl (C=O) groups is 1. The summed E-state index contributed by atoms with van der Waals surface area (Å²) in [7, 11) is 0. The molecule has 3 nitrogen and oxygen atoms in total. The third-order valence-electron chi connectivity index (χ3n) is 1.94. The molecule has 0 aliphatic carbocycles. The molecule has 1 N–H and O–H groups in total. The fraction of sp³-hybridized carbons (Fsp3) is 0.333. The summed E-state index contributed by atoms with van der Waals surface area (Å²) >= 11 is 3.05. The van der Waals surface area contributed by atoms with Crippen molar-refractivity contribution in [2.24, 2.45) is 0 Å². The van der Waals surface area contributed by atoms with Crippen molar-refractivity contribution in [3.8, 4) is 0 Å². The van der Waals surface area contributed by atoms with Crippen LogP contribution in [0.25, 0.3) is 0 Å². The zero-order valence-electron chi connectivity index (χ0n) is 7.80. The molecule has 0 bridgehead atoms. The number of hydrogen-bond donors (Lipinski definition) is 1. The lowest BCUT2D eigenvalue weighted by molar-refractivity contribution is 0.0688. The molecule has 15 heavy (non-hydrogen) atoms. The third-order valence-corrected chi connectivity index (χ3v) is 2.51. The highest BCUT2D eigenvalue weighted by Gasteiger charge is 2.19. The smallest absolute Gasteiger partial charge is 0.354 e. The van der Waals surface area contributed by atoms with Crippen LogP contribution in [0.2, 0.25) is 0 Å². The first-order valence-corrected chi connectivity index (χ1v) is 5.17. The highest BCUT2D eigenvalue weighted by molar-refractivity contribution is 9.08. The first-order valence-electron chi connectivity index (χ1n) is 4.05. The van der Waals surface area contributed by atoms with Gasteiger partial charge in [0.25, 0.3) is 6.43 Å². The fourth-order valence-electron chi connectivity index (χ4n) is 1.19. The number of hydrogen-bond acceptors (Lipinski definition) is 2. The summed E-state index contributed by atoms with van der Waals surface area (Å²) in [6.45, 7) is 1.33. The van der Waals surface area contributed by atoms with Gasteiger partial charge in [-0.1, -0.05) is 15.9 Å². The molecule has 1 aromatic heterocycles. The molecule has 0 unspecified atom stereocenters. The molecule has 1 aromatic rings. The minimum Gasteiger partial charge on any atom is -0.477 e. The average molecular weight is 280 g/mol. The Morgan fingerprint density at radius 3 is 2.67 bits per heavy atom. The van der Waals surface area contributed by atoms with E-state index in [0.717, 1.165) is 0 Å². The minimum absolute atomic E-state index is 0.0159. The van der Waals surface area contributed by atoms with Crippen molar-refractivity contribution in [1.82, 2.24) is 4.98 Å². The van der Waals surface area contributed by atoms with Crippen LogP contribution in [0.3, 0.4) is 0 Å². The highest BCUT2D eigenvalue weighted by Crippen LogP contribution is 2.25. The number of halogens is 3. The highest BCUT2D eigenvalue weighted by atomic mass is 79.9. The number of aromatic carboxylic acids is 1. The number of aromatic nitrogens is 1. The Hall–Kier alpha value is -1.04. The fourth-order valence-corrected chi connectivity index (χ4v) is 1.47. The second-order valence-corrected chi connectivity index (χ2v) is 3.48. The minimum atomic E-state index is -2.69. The van der Waals surface area contributed by atoms with E-state index in [1.54, 1.807) is 0 Å². The number of carboxylic acids is 1. The first-order chi connectivity index (χ1) is 6.97. The predicted octanol–water partition coefficient (Wildman–Crippen LogP) is 2.92. The molecule has 0 radical (unpaired) electrons. The molecular weight excluding hydrogens is 272 g/mol. The van der Waals surface area contributed by atoms with E-state index in [1.165, 1.54) is 13.0 Å². The van der Waals surface area contributed by atoms with Crippen LogP contribution in [0.1, 0.15) is 33.7 Å². The lowest BCUT2D eigenvalue weighted by atomic mass is 10.1. The van der Waals surface area contributed by atoms with Crippen LogP contribution in [0, 0.1) is 6.92 Å². The summed E-state index contributed by atoms with van der Waals surface area (Å²) in [4.78, 5) is 14.5. The van der Waals surface area contributed by atoms with Crippen LogP contribution in [0.15, 0.2) is 6.07 Å². The maximum atomic E-state index is 12.6. The molecule has 6 heteroatoms. The summed E-state index contributed by atoms with van der Waals surface area (Å²) in [6, 6.07) is 1.21. The van der Waals surface area contributed by atoms with Gasteiger partial charge in [-0.05, 0) is 18.6 Å². The Balaban J connectivity index is 3.40. The molecule has 82 valence electrons. The van der Waals surface area contributed by atoms with Gasteiger partial charge >= 0.3 is 5.97 Å². The van der Waals surface area contributed by atoms with Crippen molar-refractivity contribution in [2.75, 3.05) is 0 Å². The van der Waals surface area contributed by atoms with Crippen LogP contribution in [0.4, 0.5) is 8.78 Å². The van der Waals surface area contributed by atoms with Gasteiger partial charge in [0.15, 0.2) is 5.69 Å². The van der Waals surface area contributed by atoms with E-state index < -0.39 is 12.4 Å². The first kappa shape index (κ1) is 12.0. The van der Waals surface area contributed by atoms with Crippen molar-refractivity contribution < 1.29 is 18.7 Å². The second-order valence-electron chi connectivity index (χ2n) is 2.92. The normalized spacial score (nSPS) is 10.7. The lowest BCUT2D eigenvalue weighted by Crippen LogP contribution is -2.08. The van der Waals surface area contributed by atoms with E-state index in [4.69, 9.17) is 5.11 Å². The van der Waals surface area contributed by atoms with Crippen LogP contribution >= 0.6 is 15.9 Å². The number of alkyl halides is 3. The molecule has 0 atom stereocenters. The average Bonchev–Trinajstić information content (AvgIpc) is 2.17. The molecule has 0 fully saturated rings. The molecule has 0 spiro atoms. The van der Waals surface area contributed by atoms with E-state index in [1.807, 2.05) is 0 Å². The molecule has 0 aromatic carbocycles. The molecule has 0 aliphatic heterocycles. The van der Waals surface area contributed by atoms with Crippen molar-refractivity contribution in [3.63, 3.8) is 0 Å². The Labute approximate surface area is 93.3 Å². The van der Waals surface area contributed by atoms with Gasteiger partial charge in [-0.3, -0.25) is 0 Å². The summed E-state index contributed by atoms with van der Waals surface area (Å²) in [5, 5.41) is 9.01. The van der Waals surface area contributed by atoms with Gasteiger partial charge in [-0.15, -0.1) is 0 Å². The number of pyridine rings is 1. The zero-order chi connectivity index (χ0) is 11.6. The molecular formula is C9H8BrF2NO2. The molecule has 1 rings (SSSR count).